The molecule has 0 bridgehead atoms. The molecule has 1 aliphatic rings. The van der Waals surface area contributed by atoms with E-state index in [1.807, 2.05) is 67.5 Å². The highest BCUT2D eigenvalue weighted by molar-refractivity contribution is 5.63. The largest absolute Gasteiger partial charge is 0.489 e. The summed E-state index contributed by atoms with van der Waals surface area (Å²) in [5, 5.41) is 6.79. The lowest BCUT2D eigenvalue weighted by atomic mass is 10.2. The minimum atomic E-state index is 0.537. The second-order valence-corrected chi connectivity index (χ2v) is 7.47. The van der Waals surface area contributed by atoms with Gasteiger partial charge >= 0.3 is 0 Å². The van der Waals surface area contributed by atoms with Gasteiger partial charge in [0.1, 0.15) is 24.0 Å². The van der Waals surface area contributed by atoms with E-state index < -0.39 is 0 Å². The maximum absolute atomic E-state index is 5.96. The van der Waals surface area contributed by atoms with Crippen molar-refractivity contribution >= 4 is 23.3 Å². The van der Waals surface area contributed by atoms with Crippen LogP contribution < -0.4 is 25.2 Å². The van der Waals surface area contributed by atoms with Gasteiger partial charge in [0.25, 0.3) is 0 Å². The smallest absolute Gasteiger partial charge is 0.229 e. The third-order valence-corrected chi connectivity index (χ3v) is 4.91. The summed E-state index contributed by atoms with van der Waals surface area (Å²) in [5.74, 6) is 3.20. The predicted molar refractivity (Wildman–Crippen MR) is 122 cm³/mol. The fourth-order valence-electron chi connectivity index (χ4n) is 3.27. The van der Waals surface area contributed by atoms with E-state index >= 15 is 0 Å². The molecule has 0 amide bonds. The van der Waals surface area contributed by atoms with Crippen LogP contribution in [0.3, 0.4) is 0 Å². The maximum atomic E-state index is 5.96. The van der Waals surface area contributed by atoms with Crippen LogP contribution in [0.5, 0.6) is 5.75 Å². The van der Waals surface area contributed by atoms with Crippen LogP contribution in [0.25, 0.3) is 0 Å². The first-order valence-electron chi connectivity index (χ1n) is 10.2. The Labute approximate surface area is 177 Å². The van der Waals surface area contributed by atoms with Gasteiger partial charge < -0.3 is 25.2 Å². The van der Waals surface area contributed by atoms with E-state index in [4.69, 9.17) is 14.7 Å². The topological polar surface area (TPSA) is 65.6 Å². The molecule has 2 N–H and O–H groups in total. The van der Waals surface area contributed by atoms with Gasteiger partial charge in [0.05, 0.1) is 0 Å². The molecule has 1 aliphatic heterocycles. The number of rotatable bonds is 7. The zero-order chi connectivity index (χ0) is 20.8. The van der Waals surface area contributed by atoms with E-state index in [0.717, 1.165) is 60.8 Å². The molecule has 0 saturated carbocycles. The predicted octanol–water partition coefficient (Wildman–Crippen LogP) is 3.27. The Kier molecular flexibility index (Phi) is 6.29. The summed E-state index contributed by atoms with van der Waals surface area (Å²) in [6.07, 6.45) is 0. The molecule has 0 spiro atoms. The molecular formula is C23H28N6O. The molecule has 0 radical (unpaired) electrons. The summed E-state index contributed by atoms with van der Waals surface area (Å²) in [5.41, 5.74) is 2.07. The summed E-state index contributed by atoms with van der Waals surface area (Å²) < 4.78 is 5.96. The molecule has 0 unspecified atom stereocenters. The van der Waals surface area contributed by atoms with Crippen LogP contribution in [0.1, 0.15) is 5.56 Å². The van der Waals surface area contributed by atoms with Gasteiger partial charge in [-0.15, -0.1) is 0 Å². The van der Waals surface area contributed by atoms with E-state index in [1.54, 1.807) is 0 Å². The first-order chi connectivity index (χ1) is 14.7. The molecule has 156 valence electrons. The van der Waals surface area contributed by atoms with Crippen LogP contribution in [-0.2, 0) is 6.61 Å². The monoisotopic (exact) mass is 404 g/mol. The third kappa shape index (κ3) is 5.18. The van der Waals surface area contributed by atoms with Crippen molar-refractivity contribution in [3.63, 3.8) is 0 Å². The van der Waals surface area contributed by atoms with Crippen molar-refractivity contribution in [1.82, 2.24) is 15.3 Å². The van der Waals surface area contributed by atoms with Crippen molar-refractivity contribution in [3.05, 3.63) is 66.2 Å². The Hall–Kier alpha value is -3.32. The van der Waals surface area contributed by atoms with Crippen LogP contribution in [0, 0.1) is 0 Å². The zero-order valence-corrected chi connectivity index (χ0v) is 17.5. The lowest BCUT2D eigenvalue weighted by Gasteiger charge is -2.28. The second-order valence-electron chi connectivity index (χ2n) is 7.47. The molecule has 2 heterocycles. The van der Waals surface area contributed by atoms with Crippen LogP contribution >= 0.6 is 0 Å². The van der Waals surface area contributed by atoms with Gasteiger partial charge in [-0.2, -0.15) is 9.97 Å². The van der Waals surface area contributed by atoms with Crippen molar-refractivity contribution in [2.24, 2.45) is 0 Å². The van der Waals surface area contributed by atoms with Gasteiger partial charge in [-0.3, -0.25) is 0 Å². The fourth-order valence-corrected chi connectivity index (χ4v) is 3.27. The second kappa shape index (κ2) is 9.45. The Morgan fingerprint density at radius 1 is 1.00 bits per heavy atom. The Morgan fingerprint density at radius 2 is 1.80 bits per heavy atom. The minimum absolute atomic E-state index is 0.537. The normalized spacial score (nSPS) is 13.7. The number of anilines is 4. The summed E-state index contributed by atoms with van der Waals surface area (Å²) in [4.78, 5) is 13.7. The molecule has 4 rings (SSSR count). The van der Waals surface area contributed by atoms with E-state index in [-0.39, 0.29) is 0 Å². The van der Waals surface area contributed by atoms with E-state index in [2.05, 4.69) is 27.7 Å². The lowest BCUT2D eigenvalue weighted by Crippen LogP contribution is -2.44. The SMILES string of the molecule is CN(C)c1cc(Nc2cccc(OCc3ccccc3)c2)nc(N2CCNCC2)n1. The first kappa shape index (κ1) is 20.0. The van der Waals surface area contributed by atoms with Crippen molar-refractivity contribution in [2.75, 3.05) is 55.4 Å². The fraction of sp³-hybridized carbons (Fsp3) is 0.304. The molecule has 0 atom stereocenters. The van der Waals surface area contributed by atoms with E-state index in [1.165, 1.54) is 0 Å². The molecule has 1 saturated heterocycles. The van der Waals surface area contributed by atoms with Crippen LogP contribution in [0.15, 0.2) is 60.7 Å². The Balaban J connectivity index is 1.50. The van der Waals surface area contributed by atoms with Crippen molar-refractivity contribution in [3.8, 4) is 5.75 Å². The number of benzene rings is 2. The Bertz CT molecular complexity index is 957. The van der Waals surface area contributed by atoms with Gasteiger partial charge in [-0.25, -0.2) is 0 Å². The highest BCUT2D eigenvalue weighted by atomic mass is 16.5. The number of ether oxygens (including phenoxy) is 1. The third-order valence-electron chi connectivity index (χ3n) is 4.91. The number of aromatic nitrogens is 2. The maximum Gasteiger partial charge on any atom is 0.229 e. The average Bonchev–Trinajstić information content (AvgIpc) is 2.79. The summed E-state index contributed by atoms with van der Waals surface area (Å²) in [7, 11) is 3.98. The summed E-state index contributed by atoms with van der Waals surface area (Å²) in [6, 6.07) is 20.1. The van der Waals surface area contributed by atoms with Gasteiger partial charge in [-0.05, 0) is 17.7 Å². The van der Waals surface area contributed by atoms with E-state index in [0.29, 0.717) is 6.61 Å². The van der Waals surface area contributed by atoms with Gasteiger partial charge in [0.15, 0.2) is 0 Å². The minimum Gasteiger partial charge on any atom is -0.489 e. The highest BCUT2D eigenvalue weighted by Gasteiger charge is 2.16. The number of piperazine rings is 1. The number of hydrogen-bond acceptors (Lipinski definition) is 7. The first-order valence-corrected chi connectivity index (χ1v) is 10.2. The molecular weight excluding hydrogens is 376 g/mol. The lowest BCUT2D eigenvalue weighted by molar-refractivity contribution is 0.306. The van der Waals surface area contributed by atoms with Crippen LogP contribution in [0.4, 0.5) is 23.3 Å². The molecule has 7 heteroatoms. The van der Waals surface area contributed by atoms with Gasteiger partial charge in [0, 0.05) is 58.1 Å². The van der Waals surface area contributed by atoms with Crippen molar-refractivity contribution in [2.45, 2.75) is 6.61 Å². The van der Waals surface area contributed by atoms with Gasteiger partial charge in [-0.1, -0.05) is 36.4 Å². The molecule has 1 fully saturated rings. The standard InChI is InChI=1S/C23H28N6O/c1-28(2)22-16-21(26-23(27-22)29-13-11-24-12-14-29)25-19-9-6-10-20(15-19)30-17-18-7-4-3-5-8-18/h3-10,15-16,24H,11-14,17H2,1-2H3,(H,25,26,27). The summed E-state index contributed by atoms with van der Waals surface area (Å²) >= 11 is 0. The van der Waals surface area contributed by atoms with Gasteiger partial charge in [0.2, 0.25) is 5.95 Å². The molecule has 30 heavy (non-hydrogen) atoms. The Morgan fingerprint density at radius 3 is 2.57 bits per heavy atom. The number of nitrogens with one attached hydrogen (secondary N) is 2. The number of nitrogens with zero attached hydrogens (tertiary/aromatic N) is 4. The number of hydrogen-bond donors (Lipinski definition) is 2. The quantitative estimate of drug-likeness (QED) is 0.626. The van der Waals surface area contributed by atoms with Crippen LogP contribution in [0.2, 0.25) is 0 Å². The highest BCUT2D eigenvalue weighted by Crippen LogP contribution is 2.25. The van der Waals surface area contributed by atoms with E-state index in [9.17, 15) is 0 Å². The molecule has 2 aromatic carbocycles. The summed E-state index contributed by atoms with van der Waals surface area (Å²) in [6.45, 7) is 4.23. The molecule has 1 aromatic heterocycles. The average molecular weight is 405 g/mol. The molecule has 3 aromatic rings. The molecule has 0 aliphatic carbocycles. The van der Waals surface area contributed by atoms with Crippen molar-refractivity contribution < 1.29 is 4.74 Å². The zero-order valence-electron chi connectivity index (χ0n) is 17.5. The molecule has 7 nitrogen and oxygen atoms in total. The van der Waals surface area contributed by atoms with Crippen molar-refractivity contribution in [1.29, 1.82) is 0 Å². The van der Waals surface area contributed by atoms with Crippen LogP contribution in [-0.4, -0.2) is 50.2 Å².